The Morgan fingerprint density at radius 2 is 2.04 bits per heavy atom. The molecule has 0 spiro atoms. The summed E-state index contributed by atoms with van der Waals surface area (Å²) in [6.45, 7) is 8.61. The lowest BCUT2D eigenvalue weighted by Crippen LogP contribution is -2.23. The van der Waals surface area contributed by atoms with Gasteiger partial charge < -0.3 is 4.52 Å². The summed E-state index contributed by atoms with van der Waals surface area (Å²) in [4.78, 5) is 23.9. The summed E-state index contributed by atoms with van der Waals surface area (Å²) in [7, 11) is 0. The molecule has 0 N–H and O–H groups in total. The molecule has 3 rings (SSSR count). The lowest BCUT2D eigenvalue weighted by molar-refractivity contribution is 0.387. The number of hydrogen-bond donors (Lipinski definition) is 0. The Labute approximate surface area is 148 Å². The van der Waals surface area contributed by atoms with Crippen molar-refractivity contribution in [1.82, 2.24) is 19.7 Å². The molecule has 128 valence electrons. The molecule has 0 bridgehead atoms. The van der Waals surface area contributed by atoms with E-state index in [1.807, 2.05) is 13.8 Å². The fourth-order valence-corrected chi connectivity index (χ4v) is 4.39. The van der Waals surface area contributed by atoms with Gasteiger partial charge in [0.25, 0.3) is 5.56 Å². The van der Waals surface area contributed by atoms with Gasteiger partial charge in [-0.05, 0) is 32.8 Å². The molecule has 8 heteroatoms. The van der Waals surface area contributed by atoms with Crippen LogP contribution < -0.4 is 5.56 Å². The van der Waals surface area contributed by atoms with Gasteiger partial charge in [0.05, 0.1) is 11.1 Å². The molecule has 0 aliphatic rings. The predicted molar refractivity (Wildman–Crippen MR) is 96.9 cm³/mol. The molecular weight excluding hydrogens is 344 g/mol. The Balaban J connectivity index is 2.02. The Bertz CT molecular complexity index is 926. The second kappa shape index (κ2) is 7.06. The number of aromatic nitrogens is 4. The third-order valence-electron chi connectivity index (χ3n) is 3.88. The molecule has 3 heterocycles. The summed E-state index contributed by atoms with van der Waals surface area (Å²) in [5, 5.41) is 5.27. The number of nitrogens with zero attached hydrogens (tertiary/aromatic N) is 4. The molecule has 0 saturated carbocycles. The molecule has 3 aromatic rings. The van der Waals surface area contributed by atoms with Crippen LogP contribution in [0.25, 0.3) is 10.2 Å². The maximum absolute atomic E-state index is 13.0. The van der Waals surface area contributed by atoms with Gasteiger partial charge in [-0.3, -0.25) is 9.36 Å². The van der Waals surface area contributed by atoms with Crippen LogP contribution >= 0.6 is 23.1 Å². The van der Waals surface area contributed by atoms with Crippen LogP contribution in [0.5, 0.6) is 0 Å². The van der Waals surface area contributed by atoms with E-state index in [-0.39, 0.29) is 5.56 Å². The second-order valence-corrected chi connectivity index (χ2v) is 7.84. The molecule has 0 unspecified atom stereocenters. The molecule has 0 amide bonds. The Morgan fingerprint density at radius 3 is 2.71 bits per heavy atom. The van der Waals surface area contributed by atoms with Crippen molar-refractivity contribution in [3.8, 4) is 0 Å². The van der Waals surface area contributed by atoms with E-state index < -0.39 is 0 Å². The summed E-state index contributed by atoms with van der Waals surface area (Å²) in [5.74, 6) is 1.67. The first-order chi connectivity index (χ1) is 11.5. The van der Waals surface area contributed by atoms with Crippen LogP contribution in [-0.4, -0.2) is 19.7 Å². The van der Waals surface area contributed by atoms with Crippen molar-refractivity contribution in [2.24, 2.45) is 0 Å². The van der Waals surface area contributed by atoms with Crippen LogP contribution in [0, 0.1) is 20.8 Å². The Morgan fingerprint density at radius 1 is 1.25 bits per heavy atom. The lowest BCUT2D eigenvalue weighted by Gasteiger charge is -2.11. The summed E-state index contributed by atoms with van der Waals surface area (Å²) < 4.78 is 6.94. The van der Waals surface area contributed by atoms with Crippen LogP contribution in [0.1, 0.15) is 41.9 Å². The minimum Gasteiger partial charge on any atom is -0.338 e. The van der Waals surface area contributed by atoms with Crippen LogP contribution in [0.2, 0.25) is 0 Å². The topological polar surface area (TPSA) is 73.8 Å². The highest BCUT2D eigenvalue weighted by molar-refractivity contribution is 7.98. The van der Waals surface area contributed by atoms with Crippen molar-refractivity contribution in [2.75, 3.05) is 0 Å². The zero-order valence-corrected chi connectivity index (χ0v) is 15.9. The minimum atomic E-state index is 0.0551. The average Bonchev–Trinajstić information content (AvgIpc) is 3.08. The van der Waals surface area contributed by atoms with Gasteiger partial charge in [-0.2, -0.15) is 4.98 Å². The smallest absolute Gasteiger partial charge is 0.263 e. The van der Waals surface area contributed by atoms with Gasteiger partial charge in [0.15, 0.2) is 11.0 Å². The highest BCUT2D eigenvalue weighted by atomic mass is 32.2. The first-order valence-corrected chi connectivity index (χ1v) is 9.74. The fraction of sp³-hybridized carbons (Fsp3) is 0.500. The number of aryl methyl sites for hydroxylation is 3. The summed E-state index contributed by atoms with van der Waals surface area (Å²) in [6, 6.07) is 0. The summed E-state index contributed by atoms with van der Waals surface area (Å²) >= 11 is 3.05. The number of fused-ring (bicyclic) bond motifs is 1. The van der Waals surface area contributed by atoms with Crippen LogP contribution in [0.15, 0.2) is 14.5 Å². The van der Waals surface area contributed by atoms with E-state index in [0.717, 1.165) is 38.7 Å². The van der Waals surface area contributed by atoms with E-state index in [0.29, 0.717) is 24.0 Å². The molecule has 0 radical (unpaired) electrons. The third kappa shape index (κ3) is 3.25. The fourth-order valence-electron chi connectivity index (χ4n) is 2.46. The number of rotatable bonds is 6. The molecule has 0 atom stereocenters. The number of thioether (sulfide) groups is 1. The van der Waals surface area contributed by atoms with Crippen LogP contribution in [0.4, 0.5) is 0 Å². The average molecular weight is 364 g/mol. The lowest BCUT2D eigenvalue weighted by atomic mass is 10.2. The molecule has 24 heavy (non-hydrogen) atoms. The maximum atomic E-state index is 13.0. The number of hydrogen-bond acceptors (Lipinski definition) is 7. The second-order valence-electron chi connectivity index (χ2n) is 5.69. The molecule has 3 aromatic heterocycles. The number of thiophene rings is 1. The zero-order valence-electron chi connectivity index (χ0n) is 14.3. The van der Waals surface area contributed by atoms with Crippen molar-refractivity contribution in [3.63, 3.8) is 0 Å². The van der Waals surface area contributed by atoms with Gasteiger partial charge in [0.1, 0.15) is 4.83 Å². The first kappa shape index (κ1) is 17.2. The molecule has 0 aromatic carbocycles. The third-order valence-corrected chi connectivity index (χ3v) is 5.95. The molecule has 0 fully saturated rings. The van der Waals surface area contributed by atoms with Crippen molar-refractivity contribution < 1.29 is 4.52 Å². The standard InChI is InChI=1S/C16H20N4O2S2/c1-5-6-7-20-15(21)13-9(2)10(3)24-14(13)18-16(20)23-8-12-17-11(4)19-22-12/h5-8H2,1-4H3. The van der Waals surface area contributed by atoms with E-state index in [4.69, 9.17) is 9.51 Å². The monoisotopic (exact) mass is 364 g/mol. The highest BCUT2D eigenvalue weighted by Crippen LogP contribution is 2.29. The van der Waals surface area contributed by atoms with Crippen molar-refractivity contribution in [2.45, 2.75) is 58.0 Å². The zero-order chi connectivity index (χ0) is 17.3. The van der Waals surface area contributed by atoms with Crippen molar-refractivity contribution in [3.05, 3.63) is 32.5 Å². The van der Waals surface area contributed by atoms with Crippen LogP contribution in [-0.2, 0) is 12.3 Å². The van der Waals surface area contributed by atoms with E-state index in [1.54, 1.807) is 22.8 Å². The van der Waals surface area contributed by atoms with E-state index >= 15 is 0 Å². The van der Waals surface area contributed by atoms with E-state index in [2.05, 4.69) is 17.1 Å². The molecule has 0 aliphatic carbocycles. The van der Waals surface area contributed by atoms with Gasteiger partial charge in [0, 0.05) is 11.4 Å². The van der Waals surface area contributed by atoms with E-state index in [1.165, 1.54) is 11.8 Å². The van der Waals surface area contributed by atoms with Crippen molar-refractivity contribution in [1.29, 1.82) is 0 Å². The maximum Gasteiger partial charge on any atom is 0.263 e. The van der Waals surface area contributed by atoms with Gasteiger partial charge in [-0.1, -0.05) is 30.3 Å². The van der Waals surface area contributed by atoms with Crippen molar-refractivity contribution >= 4 is 33.3 Å². The van der Waals surface area contributed by atoms with Crippen LogP contribution in [0.3, 0.4) is 0 Å². The molecule has 0 saturated heterocycles. The molecular formula is C16H20N4O2S2. The normalized spacial score (nSPS) is 11.5. The van der Waals surface area contributed by atoms with Gasteiger partial charge in [-0.15, -0.1) is 11.3 Å². The SMILES string of the molecule is CCCCn1c(SCc2nc(C)no2)nc2sc(C)c(C)c2c1=O. The largest absolute Gasteiger partial charge is 0.338 e. The molecule has 0 aliphatic heterocycles. The summed E-state index contributed by atoms with van der Waals surface area (Å²) in [5.41, 5.74) is 1.10. The predicted octanol–water partition coefficient (Wildman–Crippen LogP) is 3.86. The summed E-state index contributed by atoms with van der Waals surface area (Å²) in [6.07, 6.45) is 1.97. The van der Waals surface area contributed by atoms with Gasteiger partial charge in [0.2, 0.25) is 5.89 Å². The van der Waals surface area contributed by atoms with E-state index in [9.17, 15) is 4.79 Å². The highest BCUT2D eigenvalue weighted by Gasteiger charge is 2.17. The first-order valence-electron chi connectivity index (χ1n) is 7.93. The van der Waals surface area contributed by atoms with Gasteiger partial charge >= 0.3 is 0 Å². The van der Waals surface area contributed by atoms with Gasteiger partial charge in [-0.25, -0.2) is 4.98 Å². The Kier molecular flexibility index (Phi) is 5.05. The quantitative estimate of drug-likeness (QED) is 0.488. The Hall–Kier alpha value is -1.67. The minimum absolute atomic E-state index is 0.0551. The number of unbranched alkanes of at least 4 members (excludes halogenated alkanes) is 1. The molecule has 6 nitrogen and oxygen atoms in total.